The minimum Gasteiger partial charge on any atom is -0.313 e. The molecule has 3 heteroatoms. The maximum Gasteiger partial charge on any atom is 0.0596 e. The van der Waals surface area contributed by atoms with Gasteiger partial charge < -0.3 is 5.32 Å². The summed E-state index contributed by atoms with van der Waals surface area (Å²) in [4.78, 5) is 0. The summed E-state index contributed by atoms with van der Waals surface area (Å²) in [6.07, 6.45) is 6.99. The number of aryl methyl sites for hydroxylation is 2. The lowest BCUT2D eigenvalue weighted by molar-refractivity contribution is 0.357. The maximum absolute atomic E-state index is 4.53. The van der Waals surface area contributed by atoms with E-state index in [1.165, 1.54) is 25.0 Å². The standard InChI is InChI=1S/C18H29N3/c1-4-7-19-15(10-14-8-11(2)20-21(14)3)18-16-12-5-6-13(9-12)17(16)18/h8,12-13,15-19H,4-7,9-10H2,1-3H3. The van der Waals surface area contributed by atoms with Crippen LogP contribution in [0.15, 0.2) is 6.07 Å². The van der Waals surface area contributed by atoms with Gasteiger partial charge in [-0.25, -0.2) is 0 Å². The van der Waals surface area contributed by atoms with Gasteiger partial charge in [-0.3, -0.25) is 4.68 Å². The van der Waals surface area contributed by atoms with Gasteiger partial charge in [0.2, 0.25) is 0 Å². The van der Waals surface area contributed by atoms with Crippen LogP contribution in [-0.2, 0) is 13.5 Å². The molecule has 3 fully saturated rings. The van der Waals surface area contributed by atoms with Crippen LogP contribution in [0, 0.1) is 36.5 Å². The molecule has 1 heterocycles. The van der Waals surface area contributed by atoms with Crippen molar-refractivity contribution in [3.05, 3.63) is 17.5 Å². The second-order valence-electron chi connectivity index (χ2n) is 7.73. The minimum atomic E-state index is 0.679. The van der Waals surface area contributed by atoms with Gasteiger partial charge in [0, 0.05) is 25.2 Å². The molecule has 2 bridgehead atoms. The van der Waals surface area contributed by atoms with Gasteiger partial charge in [0.05, 0.1) is 5.69 Å². The van der Waals surface area contributed by atoms with E-state index in [1.807, 2.05) is 0 Å². The Bertz CT molecular complexity index is 505. The molecule has 0 aliphatic heterocycles. The highest BCUT2D eigenvalue weighted by atomic mass is 15.3. The summed E-state index contributed by atoms with van der Waals surface area (Å²) < 4.78 is 2.09. The highest BCUT2D eigenvalue weighted by Gasteiger charge is 2.66. The topological polar surface area (TPSA) is 29.9 Å². The zero-order valence-corrected chi connectivity index (χ0v) is 13.7. The molecule has 3 saturated carbocycles. The van der Waals surface area contributed by atoms with E-state index >= 15 is 0 Å². The van der Waals surface area contributed by atoms with Crippen molar-refractivity contribution in [1.82, 2.24) is 15.1 Å². The van der Waals surface area contributed by atoms with Crippen molar-refractivity contribution in [1.29, 1.82) is 0 Å². The third kappa shape index (κ3) is 2.25. The average Bonchev–Trinajstić information content (AvgIpc) is 2.75. The second-order valence-corrected chi connectivity index (χ2v) is 7.73. The smallest absolute Gasteiger partial charge is 0.0596 e. The van der Waals surface area contributed by atoms with E-state index in [-0.39, 0.29) is 0 Å². The highest BCUT2D eigenvalue weighted by molar-refractivity contribution is 5.18. The third-order valence-corrected chi connectivity index (χ3v) is 6.44. The number of hydrogen-bond donors (Lipinski definition) is 1. The number of nitrogens with zero attached hydrogens (tertiary/aromatic N) is 2. The van der Waals surface area contributed by atoms with E-state index in [2.05, 4.69) is 42.1 Å². The van der Waals surface area contributed by atoms with Gasteiger partial charge in [0.15, 0.2) is 0 Å². The molecule has 5 atom stereocenters. The number of rotatable bonds is 6. The number of hydrogen-bond acceptors (Lipinski definition) is 2. The van der Waals surface area contributed by atoms with Crippen LogP contribution in [0.1, 0.15) is 44.0 Å². The Morgan fingerprint density at radius 1 is 1.33 bits per heavy atom. The molecule has 3 aliphatic carbocycles. The van der Waals surface area contributed by atoms with Gasteiger partial charge >= 0.3 is 0 Å². The van der Waals surface area contributed by atoms with Crippen molar-refractivity contribution in [3.63, 3.8) is 0 Å². The first-order valence-corrected chi connectivity index (χ1v) is 8.92. The normalized spacial score (nSPS) is 37.8. The quantitative estimate of drug-likeness (QED) is 0.872. The summed E-state index contributed by atoms with van der Waals surface area (Å²) in [5.41, 5.74) is 2.55. The van der Waals surface area contributed by atoms with Crippen LogP contribution in [0.5, 0.6) is 0 Å². The van der Waals surface area contributed by atoms with Crippen molar-refractivity contribution < 1.29 is 0 Å². The average molecular weight is 287 g/mol. The fraction of sp³-hybridized carbons (Fsp3) is 0.833. The Balaban J connectivity index is 1.49. The second kappa shape index (κ2) is 5.12. The Hall–Kier alpha value is -0.830. The Morgan fingerprint density at radius 2 is 2.05 bits per heavy atom. The molecular formula is C18H29N3. The largest absolute Gasteiger partial charge is 0.313 e. The first-order chi connectivity index (χ1) is 10.2. The van der Waals surface area contributed by atoms with Crippen molar-refractivity contribution >= 4 is 0 Å². The molecule has 1 N–H and O–H groups in total. The van der Waals surface area contributed by atoms with Crippen molar-refractivity contribution in [3.8, 4) is 0 Å². The first-order valence-electron chi connectivity index (χ1n) is 8.92. The molecule has 116 valence electrons. The minimum absolute atomic E-state index is 0.679. The Labute approximate surface area is 128 Å². The summed E-state index contributed by atoms with van der Waals surface area (Å²) >= 11 is 0. The van der Waals surface area contributed by atoms with E-state index in [0.717, 1.165) is 48.2 Å². The lowest BCUT2D eigenvalue weighted by atomic mass is 9.94. The Morgan fingerprint density at radius 3 is 2.62 bits per heavy atom. The van der Waals surface area contributed by atoms with Gasteiger partial charge in [-0.2, -0.15) is 5.10 Å². The molecule has 0 aromatic carbocycles. The van der Waals surface area contributed by atoms with Gasteiger partial charge in [0.1, 0.15) is 0 Å². The molecule has 3 aliphatic rings. The van der Waals surface area contributed by atoms with E-state index in [1.54, 1.807) is 6.42 Å². The number of fused-ring (bicyclic) bond motifs is 5. The fourth-order valence-electron chi connectivity index (χ4n) is 5.69. The Kier molecular flexibility index (Phi) is 3.36. The molecular weight excluding hydrogens is 258 g/mol. The van der Waals surface area contributed by atoms with Crippen molar-refractivity contribution in [2.45, 2.75) is 52.0 Å². The number of aromatic nitrogens is 2. The van der Waals surface area contributed by atoms with E-state index < -0.39 is 0 Å². The van der Waals surface area contributed by atoms with E-state index in [4.69, 9.17) is 0 Å². The van der Waals surface area contributed by atoms with Crippen LogP contribution >= 0.6 is 0 Å². The third-order valence-electron chi connectivity index (χ3n) is 6.44. The SMILES string of the molecule is CCCNC(Cc1cc(C)nn1C)C1C2C3CCC(C3)C21. The van der Waals surface area contributed by atoms with Gasteiger partial charge in [-0.05, 0) is 74.8 Å². The maximum atomic E-state index is 4.53. The molecule has 0 saturated heterocycles. The zero-order chi connectivity index (χ0) is 14.6. The lowest BCUT2D eigenvalue weighted by Crippen LogP contribution is -2.36. The van der Waals surface area contributed by atoms with Crippen LogP contribution in [0.25, 0.3) is 0 Å². The number of nitrogens with one attached hydrogen (secondary N) is 1. The zero-order valence-electron chi connectivity index (χ0n) is 13.7. The summed E-state index contributed by atoms with van der Waals surface area (Å²) in [6.45, 7) is 5.53. The van der Waals surface area contributed by atoms with Crippen LogP contribution in [0.2, 0.25) is 0 Å². The first kappa shape index (κ1) is 13.8. The molecule has 0 radical (unpaired) electrons. The van der Waals surface area contributed by atoms with Gasteiger partial charge in [0.25, 0.3) is 0 Å². The molecule has 4 rings (SSSR count). The molecule has 0 spiro atoms. The van der Waals surface area contributed by atoms with Crippen molar-refractivity contribution in [2.75, 3.05) is 6.54 Å². The van der Waals surface area contributed by atoms with Crippen LogP contribution in [0.3, 0.4) is 0 Å². The highest BCUT2D eigenvalue weighted by Crippen LogP contribution is 2.70. The van der Waals surface area contributed by atoms with Crippen LogP contribution in [0.4, 0.5) is 0 Å². The van der Waals surface area contributed by atoms with Crippen LogP contribution < -0.4 is 5.32 Å². The predicted molar refractivity (Wildman–Crippen MR) is 85.0 cm³/mol. The predicted octanol–water partition coefficient (Wildman–Crippen LogP) is 2.93. The molecule has 1 aromatic rings. The van der Waals surface area contributed by atoms with Gasteiger partial charge in [-0.15, -0.1) is 0 Å². The fourth-order valence-corrected chi connectivity index (χ4v) is 5.69. The molecule has 3 nitrogen and oxygen atoms in total. The van der Waals surface area contributed by atoms with Gasteiger partial charge in [-0.1, -0.05) is 6.92 Å². The van der Waals surface area contributed by atoms with E-state index in [0.29, 0.717) is 6.04 Å². The van der Waals surface area contributed by atoms with Crippen LogP contribution in [-0.4, -0.2) is 22.4 Å². The van der Waals surface area contributed by atoms with E-state index in [9.17, 15) is 0 Å². The lowest BCUT2D eigenvalue weighted by Gasteiger charge is -2.22. The molecule has 21 heavy (non-hydrogen) atoms. The summed E-state index contributed by atoms with van der Waals surface area (Å²) in [6, 6.07) is 2.95. The monoisotopic (exact) mass is 287 g/mol. The summed E-state index contributed by atoms with van der Waals surface area (Å²) in [7, 11) is 2.09. The molecule has 5 unspecified atom stereocenters. The molecule has 0 amide bonds. The van der Waals surface area contributed by atoms with Crippen molar-refractivity contribution in [2.24, 2.45) is 36.6 Å². The molecule has 1 aromatic heterocycles. The summed E-state index contributed by atoms with van der Waals surface area (Å²) in [5, 5.41) is 8.40. The summed E-state index contributed by atoms with van der Waals surface area (Å²) in [5.74, 6) is 5.23.